The van der Waals surface area contributed by atoms with E-state index in [0.29, 0.717) is 24.0 Å². The van der Waals surface area contributed by atoms with Crippen molar-refractivity contribution in [3.63, 3.8) is 0 Å². The highest BCUT2D eigenvalue weighted by molar-refractivity contribution is 6.33. The van der Waals surface area contributed by atoms with Crippen molar-refractivity contribution < 1.29 is 23.9 Å². The highest BCUT2D eigenvalue weighted by atomic mass is 19.1. The van der Waals surface area contributed by atoms with Gasteiger partial charge in [0.15, 0.2) is 0 Å². The molecule has 0 saturated carbocycles. The standard InChI is InChI=1S/C15H13FN2O4/c16-10-6-11(17)9(15(21)22)5-12(10)18-13(19)7-3-1-2-4-8(7)14(18)20/h5-6H,1-4,17H2,(H,21,22). The van der Waals surface area contributed by atoms with Crippen LogP contribution in [0.1, 0.15) is 36.0 Å². The van der Waals surface area contributed by atoms with Gasteiger partial charge in [0.25, 0.3) is 11.8 Å². The van der Waals surface area contributed by atoms with Crippen LogP contribution in [0.2, 0.25) is 0 Å². The van der Waals surface area contributed by atoms with Gasteiger partial charge in [-0.25, -0.2) is 14.1 Å². The van der Waals surface area contributed by atoms with Gasteiger partial charge in [-0.15, -0.1) is 0 Å². The predicted octanol–water partition coefficient (Wildman–Crippen LogP) is 1.85. The molecular formula is C15H13FN2O4. The molecule has 0 atom stereocenters. The van der Waals surface area contributed by atoms with Crippen LogP contribution in [0.4, 0.5) is 15.8 Å². The van der Waals surface area contributed by atoms with Gasteiger partial charge in [-0.3, -0.25) is 9.59 Å². The molecule has 22 heavy (non-hydrogen) atoms. The summed E-state index contributed by atoms with van der Waals surface area (Å²) in [5, 5.41) is 9.06. The van der Waals surface area contributed by atoms with Crippen LogP contribution in [0.5, 0.6) is 0 Å². The molecule has 0 spiro atoms. The van der Waals surface area contributed by atoms with Crippen molar-refractivity contribution >= 4 is 29.2 Å². The molecule has 0 bridgehead atoms. The van der Waals surface area contributed by atoms with E-state index < -0.39 is 23.6 Å². The number of carboxylic acids is 1. The highest BCUT2D eigenvalue weighted by Gasteiger charge is 2.41. The van der Waals surface area contributed by atoms with Crippen LogP contribution in [-0.2, 0) is 9.59 Å². The minimum atomic E-state index is -1.35. The molecule has 2 amide bonds. The molecule has 1 aliphatic heterocycles. The highest BCUT2D eigenvalue weighted by Crippen LogP contribution is 2.37. The number of hydrogen-bond donors (Lipinski definition) is 2. The van der Waals surface area contributed by atoms with E-state index in [2.05, 4.69) is 0 Å². The van der Waals surface area contributed by atoms with Crippen molar-refractivity contribution in [2.75, 3.05) is 10.6 Å². The molecule has 1 aromatic rings. The maximum absolute atomic E-state index is 14.1. The Morgan fingerprint density at radius 3 is 2.18 bits per heavy atom. The minimum Gasteiger partial charge on any atom is -0.478 e. The SMILES string of the molecule is Nc1cc(F)c(N2C(=O)C3=C(CCCC3)C2=O)cc1C(=O)O. The second-order valence-corrected chi connectivity index (χ2v) is 5.31. The van der Waals surface area contributed by atoms with Gasteiger partial charge < -0.3 is 10.8 Å². The zero-order valence-corrected chi connectivity index (χ0v) is 11.6. The van der Waals surface area contributed by atoms with E-state index in [4.69, 9.17) is 10.8 Å². The van der Waals surface area contributed by atoms with Crippen LogP contribution in [-0.4, -0.2) is 22.9 Å². The number of amides is 2. The molecule has 1 aromatic carbocycles. The maximum atomic E-state index is 14.1. The normalized spacial score (nSPS) is 18.0. The maximum Gasteiger partial charge on any atom is 0.337 e. The number of nitrogens with two attached hydrogens (primary N) is 1. The number of rotatable bonds is 2. The van der Waals surface area contributed by atoms with E-state index in [0.717, 1.165) is 29.9 Å². The lowest BCUT2D eigenvalue weighted by atomic mass is 9.93. The van der Waals surface area contributed by atoms with E-state index >= 15 is 0 Å². The van der Waals surface area contributed by atoms with Crippen LogP contribution in [0, 0.1) is 5.82 Å². The minimum absolute atomic E-state index is 0.259. The van der Waals surface area contributed by atoms with Crippen LogP contribution in [0.15, 0.2) is 23.3 Å². The van der Waals surface area contributed by atoms with E-state index in [1.54, 1.807) is 0 Å². The summed E-state index contributed by atoms with van der Waals surface area (Å²) >= 11 is 0. The quantitative estimate of drug-likeness (QED) is 0.641. The third-order valence-corrected chi connectivity index (χ3v) is 3.98. The van der Waals surface area contributed by atoms with Crippen molar-refractivity contribution in [1.82, 2.24) is 0 Å². The lowest BCUT2D eigenvalue weighted by Crippen LogP contribution is -2.32. The van der Waals surface area contributed by atoms with Crippen LogP contribution in [0.25, 0.3) is 0 Å². The topological polar surface area (TPSA) is 101 Å². The molecule has 0 aromatic heterocycles. The summed E-state index contributed by atoms with van der Waals surface area (Å²) < 4.78 is 14.1. The molecule has 2 aliphatic rings. The third kappa shape index (κ3) is 1.97. The summed E-state index contributed by atoms with van der Waals surface area (Å²) in [5.41, 5.74) is 5.30. The van der Waals surface area contributed by atoms with Crippen LogP contribution < -0.4 is 10.6 Å². The van der Waals surface area contributed by atoms with Gasteiger partial charge in [0, 0.05) is 16.8 Å². The molecule has 0 saturated heterocycles. The second kappa shape index (κ2) is 4.94. The Kier molecular flexibility index (Phi) is 3.20. The predicted molar refractivity (Wildman–Crippen MR) is 75.8 cm³/mol. The Bertz CT molecular complexity index is 726. The van der Waals surface area contributed by atoms with Gasteiger partial charge in [0.05, 0.1) is 11.3 Å². The average molecular weight is 304 g/mol. The molecule has 1 heterocycles. The molecule has 7 heteroatoms. The van der Waals surface area contributed by atoms with Gasteiger partial charge >= 0.3 is 5.97 Å². The smallest absolute Gasteiger partial charge is 0.337 e. The van der Waals surface area contributed by atoms with E-state index in [1.165, 1.54) is 0 Å². The first-order valence-corrected chi connectivity index (χ1v) is 6.85. The Hall–Kier alpha value is -2.70. The number of anilines is 2. The number of imide groups is 1. The molecule has 1 aliphatic carbocycles. The van der Waals surface area contributed by atoms with E-state index in [-0.39, 0.29) is 16.9 Å². The molecular weight excluding hydrogens is 291 g/mol. The summed E-state index contributed by atoms with van der Waals surface area (Å²) in [7, 11) is 0. The van der Waals surface area contributed by atoms with Gasteiger partial charge in [-0.2, -0.15) is 0 Å². The van der Waals surface area contributed by atoms with Crippen molar-refractivity contribution in [2.45, 2.75) is 25.7 Å². The summed E-state index contributed by atoms with van der Waals surface area (Å²) in [6.45, 7) is 0. The number of benzene rings is 1. The number of aromatic carboxylic acids is 1. The summed E-state index contributed by atoms with van der Waals surface area (Å²) in [6, 6.07) is 1.75. The summed E-state index contributed by atoms with van der Waals surface area (Å²) in [5.74, 6) is -3.39. The number of carbonyl (C=O) groups excluding carboxylic acids is 2. The van der Waals surface area contributed by atoms with Gasteiger partial charge in [0.2, 0.25) is 0 Å². The number of nitrogens with zero attached hydrogens (tertiary/aromatic N) is 1. The average Bonchev–Trinajstić information content (AvgIpc) is 2.72. The zero-order chi connectivity index (χ0) is 16.0. The fraction of sp³-hybridized carbons (Fsp3) is 0.267. The Labute approximate surface area is 125 Å². The first-order chi connectivity index (χ1) is 10.4. The van der Waals surface area contributed by atoms with Gasteiger partial charge in [-0.1, -0.05) is 0 Å². The molecule has 0 fully saturated rings. The van der Waals surface area contributed by atoms with Crippen molar-refractivity contribution in [1.29, 1.82) is 0 Å². The molecule has 3 rings (SSSR count). The Morgan fingerprint density at radius 1 is 1.14 bits per heavy atom. The first-order valence-electron chi connectivity index (χ1n) is 6.85. The molecule has 3 N–H and O–H groups in total. The molecule has 114 valence electrons. The fourth-order valence-corrected chi connectivity index (χ4v) is 2.89. The van der Waals surface area contributed by atoms with Crippen molar-refractivity contribution in [2.24, 2.45) is 0 Å². The molecule has 0 radical (unpaired) electrons. The molecule has 0 unspecified atom stereocenters. The number of nitrogen functional groups attached to an aromatic ring is 1. The lowest BCUT2D eigenvalue weighted by molar-refractivity contribution is -0.120. The van der Waals surface area contributed by atoms with E-state index in [9.17, 15) is 18.8 Å². The fourth-order valence-electron chi connectivity index (χ4n) is 2.89. The Balaban J connectivity index is 2.09. The zero-order valence-electron chi connectivity index (χ0n) is 11.6. The van der Waals surface area contributed by atoms with Crippen LogP contribution >= 0.6 is 0 Å². The molecule has 6 nitrogen and oxygen atoms in total. The van der Waals surface area contributed by atoms with E-state index in [1.807, 2.05) is 0 Å². The van der Waals surface area contributed by atoms with Crippen molar-refractivity contribution in [3.8, 4) is 0 Å². The first kappa shape index (κ1) is 14.2. The lowest BCUT2D eigenvalue weighted by Gasteiger charge is -2.17. The number of hydrogen-bond acceptors (Lipinski definition) is 4. The van der Waals surface area contributed by atoms with Crippen LogP contribution in [0.3, 0.4) is 0 Å². The summed E-state index contributed by atoms with van der Waals surface area (Å²) in [6.07, 6.45) is 2.57. The number of carbonyl (C=O) groups is 3. The van der Waals surface area contributed by atoms with Gasteiger partial charge in [0.1, 0.15) is 5.82 Å². The van der Waals surface area contributed by atoms with Gasteiger partial charge in [-0.05, 0) is 37.8 Å². The summed E-state index contributed by atoms with van der Waals surface area (Å²) in [4.78, 5) is 36.6. The van der Waals surface area contributed by atoms with Crippen molar-refractivity contribution in [3.05, 3.63) is 34.7 Å². The number of carboxylic acid groups (broad SMARTS) is 1. The number of halogens is 1. The largest absolute Gasteiger partial charge is 0.478 e. The third-order valence-electron chi connectivity index (χ3n) is 3.98. The monoisotopic (exact) mass is 304 g/mol. The Morgan fingerprint density at radius 2 is 1.68 bits per heavy atom. The second-order valence-electron chi connectivity index (χ2n) is 5.31.